The van der Waals surface area contributed by atoms with Crippen molar-refractivity contribution >= 4 is 11.6 Å². The number of hydrogen-bond donors (Lipinski definition) is 1. The van der Waals surface area contributed by atoms with Crippen LogP contribution in [-0.4, -0.2) is 11.2 Å². The van der Waals surface area contributed by atoms with Gasteiger partial charge in [-0.3, -0.25) is 0 Å². The van der Waals surface area contributed by atoms with Crippen molar-refractivity contribution in [1.29, 1.82) is 0 Å². The number of hydrogen-bond acceptors (Lipinski definition) is 1. The Bertz CT molecular complexity index is 432. The molecule has 1 aromatic carbocycles. The monoisotopic (exact) mass is 298 g/mol. The van der Waals surface area contributed by atoms with Gasteiger partial charge in [0.2, 0.25) is 0 Å². The molecule has 0 aliphatic heterocycles. The molecule has 1 aromatic rings. The summed E-state index contributed by atoms with van der Waals surface area (Å²) in [6, 6.07) is 4.71. The van der Waals surface area contributed by atoms with Crippen LogP contribution in [0.2, 0.25) is 5.02 Å². The zero-order valence-corrected chi connectivity index (χ0v) is 13.1. The van der Waals surface area contributed by atoms with Gasteiger partial charge in [-0.25, -0.2) is 4.39 Å². The fraction of sp³-hybridized carbons (Fsp3) is 0.647. The molecule has 0 radical (unpaired) electrons. The van der Waals surface area contributed by atoms with Crippen molar-refractivity contribution in [2.24, 2.45) is 11.3 Å². The molecule has 0 saturated heterocycles. The molecule has 1 saturated carbocycles. The van der Waals surface area contributed by atoms with Crippen LogP contribution in [-0.2, 0) is 6.42 Å². The highest BCUT2D eigenvalue weighted by molar-refractivity contribution is 6.31. The standard InChI is InChI=1S/C17H24ClFO/c1-12(2)11-17(8-3-4-9-17)16(20)10-13-14(18)6-5-7-15(13)19/h5-7,12,16,20H,3-4,8-11H2,1-2H3. The van der Waals surface area contributed by atoms with Crippen LogP contribution in [0, 0.1) is 17.2 Å². The van der Waals surface area contributed by atoms with Crippen molar-refractivity contribution in [3.63, 3.8) is 0 Å². The van der Waals surface area contributed by atoms with E-state index in [2.05, 4.69) is 13.8 Å². The van der Waals surface area contributed by atoms with Crippen LogP contribution in [0.4, 0.5) is 4.39 Å². The van der Waals surface area contributed by atoms with Gasteiger partial charge in [-0.15, -0.1) is 0 Å². The van der Waals surface area contributed by atoms with Crippen molar-refractivity contribution < 1.29 is 9.50 Å². The third-order valence-electron chi connectivity index (χ3n) is 4.58. The second kappa shape index (κ2) is 6.44. The van der Waals surface area contributed by atoms with Crippen LogP contribution >= 0.6 is 11.6 Å². The Hall–Kier alpha value is -0.600. The molecular weight excluding hydrogens is 275 g/mol. The zero-order valence-electron chi connectivity index (χ0n) is 12.3. The van der Waals surface area contributed by atoms with Crippen LogP contribution in [0.15, 0.2) is 18.2 Å². The highest BCUT2D eigenvalue weighted by Crippen LogP contribution is 2.47. The second-order valence-corrected chi connectivity index (χ2v) is 6.99. The molecule has 1 fully saturated rings. The predicted octanol–water partition coefficient (Wildman–Crippen LogP) is 4.99. The molecule has 0 spiro atoms. The Morgan fingerprint density at radius 1 is 1.30 bits per heavy atom. The van der Waals surface area contributed by atoms with Gasteiger partial charge >= 0.3 is 0 Å². The first-order valence-corrected chi connectivity index (χ1v) is 7.93. The van der Waals surface area contributed by atoms with Crippen molar-refractivity contribution in [3.8, 4) is 0 Å². The Balaban J connectivity index is 2.19. The van der Waals surface area contributed by atoms with E-state index in [9.17, 15) is 9.50 Å². The lowest BCUT2D eigenvalue weighted by molar-refractivity contribution is 0.0129. The molecule has 1 atom stereocenters. The smallest absolute Gasteiger partial charge is 0.127 e. The first-order valence-electron chi connectivity index (χ1n) is 7.55. The average Bonchev–Trinajstić information content (AvgIpc) is 2.82. The van der Waals surface area contributed by atoms with Crippen LogP contribution in [0.1, 0.15) is 51.5 Å². The van der Waals surface area contributed by atoms with E-state index in [4.69, 9.17) is 11.6 Å². The molecular formula is C17H24ClFO. The number of aliphatic hydroxyl groups excluding tert-OH is 1. The van der Waals surface area contributed by atoms with Crippen molar-refractivity contribution in [3.05, 3.63) is 34.6 Å². The molecule has 0 heterocycles. The maximum absolute atomic E-state index is 13.9. The predicted molar refractivity (Wildman–Crippen MR) is 81.5 cm³/mol. The second-order valence-electron chi connectivity index (χ2n) is 6.59. The van der Waals surface area contributed by atoms with Gasteiger partial charge in [-0.1, -0.05) is 44.4 Å². The molecule has 1 N–H and O–H groups in total. The lowest BCUT2D eigenvalue weighted by atomic mass is 9.72. The lowest BCUT2D eigenvalue weighted by Crippen LogP contribution is -2.36. The summed E-state index contributed by atoms with van der Waals surface area (Å²) in [5.41, 5.74) is 0.399. The molecule has 0 aromatic heterocycles. The van der Waals surface area contributed by atoms with Gasteiger partial charge in [0.1, 0.15) is 5.82 Å². The van der Waals surface area contributed by atoms with Crippen LogP contribution in [0.25, 0.3) is 0 Å². The van der Waals surface area contributed by atoms with Gasteiger partial charge < -0.3 is 5.11 Å². The summed E-state index contributed by atoms with van der Waals surface area (Å²) in [6.45, 7) is 4.37. The largest absolute Gasteiger partial charge is 0.392 e. The van der Waals surface area contributed by atoms with Gasteiger partial charge in [-0.2, -0.15) is 0 Å². The van der Waals surface area contributed by atoms with Gasteiger partial charge in [0.25, 0.3) is 0 Å². The zero-order chi connectivity index (χ0) is 14.8. The van der Waals surface area contributed by atoms with Crippen LogP contribution in [0.3, 0.4) is 0 Å². The van der Waals surface area contributed by atoms with Gasteiger partial charge in [0.05, 0.1) is 6.10 Å². The summed E-state index contributed by atoms with van der Waals surface area (Å²) in [4.78, 5) is 0. The molecule has 0 amide bonds. The summed E-state index contributed by atoms with van der Waals surface area (Å²) in [5.74, 6) is 0.230. The molecule has 20 heavy (non-hydrogen) atoms. The fourth-order valence-corrected chi connectivity index (χ4v) is 3.94. The van der Waals surface area contributed by atoms with Crippen LogP contribution < -0.4 is 0 Å². The van der Waals surface area contributed by atoms with Gasteiger partial charge in [0, 0.05) is 17.0 Å². The summed E-state index contributed by atoms with van der Waals surface area (Å²) >= 11 is 6.08. The minimum absolute atomic E-state index is 0.0558. The highest BCUT2D eigenvalue weighted by atomic mass is 35.5. The highest BCUT2D eigenvalue weighted by Gasteiger charge is 2.41. The molecule has 2 rings (SSSR count). The topological polar surface area (TPSA) is 20.2 Å². The Morgan fingerprint density at radius 2 is 1.95 bits per heavy atom. The molecule has 1 unspecified atom stereocenters. The van der Waals surface area contributed by atoms with Crippen molar-refractivity contribution in [2.45, 2.75) is 58.5 Å². The summed E-state index contributed by atoms with van der Waals surface area (Å²) in [6.07, 6.45) is 5.21. The first-order chi connectivity index (χ1) is 9.44. The maximum Gasteiger partial charge on any atom is 0.127 e. The minimum Gasteiger partial charge on any atom is -0.392 e. The average molecular weight is 299 g/mol. The quantitative estimate of drug-likeness (QED) is 0.812. The van der Waals surface area contributed by atoms with Crippen LogP contribution in [0.5, 0.6) is 0 Å². The summed E-state index contributed by atoms with van der Waals surface area (Å²) < 4.78 is 13.9. The minimum atomic E-state index is -0.512. The Labute approximate surface area is 126 Å². The molecule has 1 aliphatic carbocycles. The molecule has 0 bridgehead atoms. The van der Waals surface area contributed by atoms with E-state index in [1.54, 1.807) is 12.1 Å². The maximum atomic E-state index is 13.9. The Morgan fingerprint density at radius 3 is 2.50 bits per heavy atom. The van der Waals surface area contributed by atoms with E-state index >= 15 is 0 Å². The first kappa shape index (κ1) is 15.8. The van der Waals surface area contributed by atoms with Gasteiger partial charge in [-0.05, 0) is 42.7 Å². The molecule has 1 nitrogen and oxygen atoms in total. The summed E-state index contributed by atoms with van der Waals surface area (Å²) in [5, 5.41) is 11.1. The lowest BCUT2D eigenvalue weighted by Gasteiger charge is -2.36. The fourth-order valence-electron chi connectivity index (χ4n) is 3.70. The van der Waals surface area contributed by atoms with E-state index in [0.29, 0.717) is 22.9 Å². The molecule has 3 heteroatoms. The molecule has 112 valence electrons. The number of aliphatic hydroxyl groups is 1. The third kappa shape index (κ3) is 3.35. The summed E-state index contributed by atoms with van der Waals surface area (Å²) in [7, 11) is 0. The Kier molecular flexibility index (Phi) is 5.09. The number of halogens is 2. The SMILES string of the molecule is CC(C)CC1(C(O)Cc2c(F)cccc2Cl)CCCC1. The third-order valence-corrected chi connectivity index (χ3v) is 4.93. The van der Waals surface area contributed by atoms with E-state index in [0.717, 1.165) is 32.1 Å². The van der Waals surface area contributed by atoms with Crippen molar-refractivity contribution in [1.82, 2.24) is 0 Å². The van der Waals surface area contributed by atoms with E-state index in [1.165, 1.54) is 6.07 Å². The van der Waals surface area contributed by atoms with E-state index in [1.807, 2.05) is 0 Å². The number of rotatable bonds is 5. The number of benzene rings is 1. The van der Waals surface area contributed by atoms with Crippen molar-refractivity contribution in [2.75, 3.05) is 0 Å². The van der Waals surface area contributed by atoms with E-state index in [-0.39, 0.29) is 11.2 Å². The normalized spacial score (nSPS) is 19.5. The van der Waals surface area contributed by atoms with Gasteiger partial charge in [0.15, 0.2) is 0 Å². The van der Waals surface area contributed by atoms with E-state index < -0.39 is 6.10 Å². The molecule has 1 aliphatic rings.